The van der Waals surface area contributed by atoms with Gasteiger partial charge in [-0.05, 0) is 18.9 Å². The third-order valence-corrected chi connectivity index (χ3v) is 4.44. The van der Waals surface area contributed by atoms with Gasteiger partial charge in [0.15, 0.2) is 5.82 Å². The number of fused-ring (bicyclic) bond motifs is 1. The molecule has 1 aliphatic carbocycles. The summed E-state index contributed by atoms with van der Waals surface area (Å²) in [5.74, 6) is 1.20. The zero-order valence-electron chi connectivity index (χ0n) is 11.4. The van der Waals surface area contributed by atoms with Crippen LogP contribution in [0.2, 0.25) is 10.0 Å². The maximum absolute atomic E-state index is 6.26. The summed E-state index contributed by atoms with van der Waals surface area (Å²) in [5.41, 5.74) is 4.20. The molecule has 108 valence electrons. The predicted octanol–water partition coefficient (Wildman–Crippen LogP) is 3.37. The molecule has 0 saturated heterocycles. The van der Waals surface area contributed by atoms with Crippen molar-refractivity contribution in [1.82, 2.24) is 20.3 Å². The Hall–Kier alpha value is -1.23. The van der Waals surface area contributed by atoms with Crippen molar-refractivity contribution in [3.63, 3.8) is 0 Å². The normalized spacial score (nSPS) is 17.6. The number of nitrogens with one attached hydrogen (secondary N) is 1. The molecule has 2 aliphatic rings. The second-order valence-corrected chi connectivity index (χ2v) is 6.39. The summed E-state index contributed by atoms with van der Waals surface area (Å²) < 4.78 is 0. The maximum atomic E-state index is 6.26. The maximum Gasteiger partial charge on any atom is 0.180 e. The zero-order valence-corrected chi connectivity index (χ0v) is 12.9. The fourth-order valence-electron chi connectivity index (χ4n) is 2.75. The highest BCUT2D eigenvalue weighted by Crippen LogP contribution is 2.42. The van der Waals surface area contributed by atoms with Crippen molar-refractivity contribution in [2.24, 2.45) is 0 Å². The van der Waals surface area contributed by atoms with Crippen molar-refractivity contribution in [2.45, 2.75) is 31.7 Å². The van der Waals surface area contributed by atoms with Crippen molar-refractivity contribution in [3.05, 3.63) is 39.3 Å². The first-order chi connectivity index (χ1) is 10.2. The van der Waals surface area contributed by atoms with Crippen LogP contribution in [-0.4, -0.2) is 21.5 Å². The molecular formula is C15H14Cl2N4. The van der Waals surface area contributed by atoms with Crippen LogP contribution in [0, 0.1) is 0 Å². The Morgan fingerprint density at radius 3 is 2.81 bits per heavy atom. The number of rotatable bonds is 2. The van der Waals surface area contributed by atoms with Gasteiger partial charge in [0.25, 0.3) is 0 Å². The summed E-state index contributed by atoms with van der Waals surface area (Å²) in [6.07, 6.45) is 4.94. The average Bonchev–Trinajstić information content (AvgIpc) is 3.30. The van der Waals surface area contributed by atoms with Crippen molar-refractivity contribution in [3.8, 4) is 11.5 Å². The fourth-order valence-corrected chi connectivity index (χ4v) is 3.21. The molecule has 2 aromatic heterocycles. The molecule has 0 aromatic carbocycles. The minimum Gasteiger partial charge on any atom is -0.312 e. The molecule has 0 radical (unpaired) electrons. The van der Waals surface area contributed by atoms with Crippen LogP contribution in [0.15, 0.2) is 12.3 Å². The predicted molar refractivity (Wildman–Crippen MR) is 82.7 cm³/mol. The van der Waals surface area contributed by atoms with Crippen molar-refractivity contribution < 1.29 is 0 Å². The molecule has 4 nitrogen and oxygen atoms in total. The van der Waals surface area contributed by atoms with E-state index < -0.39 is 0 Å². The van der Waals surface area contributed by atoms with E-state index in [4.69, 9.17) is 33.2 Å². The van der Waals surface area contributed by atoms with Gasteiger partial charge in [-0.25, -0.2) is 15.0 Å². The van der Waals surface area contributed by atoms with E-state index >= 15 is 0 Å². The van der Waals surface area contributed by atoms with Gasteiger partial charge in [0, 0.05) is 37.2 Å². The van der Waals surface area contributed by atoms with Gasteiger partial charge in [-0.3, -0.25) is 0 Å². The molecule has 1 fully saturated rings. The molecular weight excluding hydrogens is 307 g/mol. The number of nitrogens with zero attached hydrogens (tertiary/aromatic N) is 3. The van der Waals surface area contributed by atoms with Gasteiger partial charge in [-0.2, -0.15) is 0 Å². The molecule has 4 rings (SSSR count). The number of pyridine rings is 1. The molecule has 0 spiro atoms. The lowest BCUT2D eigenvalue weighted by molar-refractivity contribution is 0.617. The van der Waals surface area contributed by atoms with Crippen molar-refractivity contribution in [2.75, 3.05) is 6.54 Å². The van der Waals surface area contributed by atoms with Crippen LogP contribution in [0.1, 0.15) is 35.7 Å². The van der Waals surface area contributed by atoms with Gasteiger partial charge in [0.1, 0.15) is 5.69 Å². The van der Waals surface area contributed by atoms with E-state index in [9.17, 15) is 0 Å². The Morgan fingerprint density at radius 2 is 2.05 bits per heavy atom. The van der Waals surface area contributed by atoms with Gasteiger partial charge < -0.3 is 5.32 Å². The smallest absolute Gasteiger partial charge is 0.180 e. The molecule has 2 aromatic rings. The third kappa shape index (κ3) is 2.52. The van der Waals surface area contributed by atoms with Gasteiger partial charge in [0.2, 0.25) is 0 Å². The summed E-state index contributed by atoms with van der Waals surface area (Å²) in [6, 6.07) is 1.69. The monoisotopic (exact) mass is 320 g/mol. The van der Waals surface area contributed by atoms with E-state index in [2.05, 4.69) is 10.3 Å². The molecule has 0 amide bonds. The lowest BCUT2D eigenvalue weighted by atomic mass is 10.0. The van der Waals surface area contributed by atoms with E-state index in [1.165, 1.54) is 24.1 Å². The highest BCUT2D eigenvalue weighted by atomic mass is 35.5. The number of hydrogen-bond acceptors (Lipinski definition) is 4. The van der Waals surface area contributed by atoms with Crippen LogP contribution >= 0.6 is 23.2 Å². The SMILES string of the molecule is Clc1cnc(-c2nc3c(c(C4CC4)n2)CNCC3)c(Cl)c1. The van der Waals surface area contributed by atoms with Gasteiger partial charge in [-0.1, -0.05) is 23.2 Å². The highest BCUT2D eigenvalue weighted by molar-refractivity contribution is 6.35. The standard InChI is InChI=1S/C15H14Cl2N4/c16-9-5-11(17)14(19-6-9)15-20-12-3-4-18-7-10(12)13(21-15)8-1-2-8/h5-6,8,18H,1-4,7H2. The molecule has 21 heavy (non-hydrogen) atoms. The molecule has 1 aliphatic heterocycles. The van der Waals surface area contributed by atoms with Gasteiger partial charge in [-0.15, -0.1) is 0 Å². The summed E-state index contributed by atoms with van der Waals surface area (Å²) in [4.78, 5) is 13.8. The number of hydrogen-bond donors (Lipinski definition) is 1. The molecule has 0 atom stereocenters. The van der Waals surface area contributed by atoms with Crippen molar-refractivity contribution in [1.29, 1.82) is 0 Å². The van der Waals surface area contributed by atoms with E-state index in [0.717, 1.165) is 25.2 Å². The second-order valence-electron chi connectivity index (χ2n) is 5.54. The summed E-state index contributed by atoms with van der Waals surface area (Å²) in [7, 11) is 0. The van der Waals surface area contributed by atoms with Crippen LogP contribution in [0.4, 0.5) is 0 Å². The Bertz CT molecular complexity index is 713. The zero-order chi connectivity index (χ0) is 14.4. The quantitative estimate of drug-likeness (QED) is 0.921. The molecule has 1 N–H and O–H groups in total. The molecule has 1 saturated carbocycles. The van der Waals surface area contributed by atoms with Gasteiger partial charge >= 0.3 is 0 Å². The average molecular weight is 321 g/mol. The molecule has 6 heteroatoms. The summed E-state index contributed by atoms with van der Waals surface area (Å²) >= 11 is 12.2. The Labute approximate surface area is 132 Å². The molecule has 3 heterocycles. The van der Waals surface area contributed by atoms with Crippen LogP contribution in [0.25, 0.3) is 11.5 Å². The Morgan fingerprint density at radius 1 is 1.19 bits per heavy atom. The Kier molecular flexibility index (Phi) is 3.32. The topological polar surface area (TPSA) is 50.7 Å². The summed E-state index contributed by atoms with van der Waals surface area (Å²) in [5, 5.41) is 4.42. The largest absolute Gasteiger partial charge is 0.312 e. The first kappa shape index (κ1) is 13.4. The lowest BCUT2D eigenvalue weighted by Gasteiger charge is -2.20. The van der Waals surface area contributed by atoms with Crippen LogP contribution < -0.4 is 5.32 Å². The van der Waals surface area contributed by atoms with Crippen molar-refractivity contribution >= 4 is 23.2 Å². The first-order valence-electron chi connectivity index (χ1n) is 7.14. The number of aromatic nitrogens is 3. The number of halogens is 2. The van der Waals surface area contributed by atoms with E-state index in [1.807, 2.05) is 0 Å². The molecule has 0 bridgehead atoms. The second kappa shape index (κ2) is 5.20. The van der Waals surface area contributed by atoms with E-state index in [1.54, 1.807) is 12.3 Å². The van der Waals surface area contributed by atoms with Crippen LogP contribution in [0.5, 0.6) is 0 Å². The summed E-state index contributed by atoms with van der Waals surface area (Å²) in [6.45, 7) is 1.82. The third-order valence-electron chi connectivity index (χ3n) is 3.95. The minimum atomic E-state index is 0.498. The van der Waals surface area contributed by atoms with E-state index in [0.29, 0.717) is 27.5 Å². The van der Waals surface area contributed by atoms with Gasteiger partial charge in [0.05, 0.1) is 21.4 Å². The van der Waals surface area contributed by atoms with Crippen LogP contribution in [0.3, 0.4) is 0 Å². The van der Waals surface area contributed by atoms with Crippen LogP contribution in [-0.2, 0) is 13.0 Å². The molecule has 0 unspecified atom stereocenters. The van der Waals surface area contributed by atoms with E-state index in [-0.39, 0.29) is 0 Å². The highest BCUT2D eigenvalue weighted by Gasteiger charge is 2.31. The first-order valence-corrected chi connectivity index (χ1v) is 7.90. The minimum absolute atomic E-state index is 0.498. The lowest BCUT2D eigenvalue weighted by Crippen LogP contribution is -2.26. The Balaban J connectivity index is 1.87. The fraction of sp³-hybridized carbons (Fsp3) is 0.400.